The summed E-state index contributed by atoms with van der Waals surface area (Å²) in [4.78, 5) is 2.64. The molecule has 1 atom stereocenters. The monoisotopic (exact) mass is 258 g/mol. The molecular formula is C16H18OS. The molecule has 0 saturated heterocycles. The SMILES string of the molecule is Cc1ccccc1CC(O)c1cc2c(s1)CCC2. The standard InChI is InChI=1S/C16H18OS/c1-11-5-2-3-6-12(11)9-14(17)16-10-13-7-4-8-15(13)18-16/h2-3,5-6,10,14,17H,4,7-9H2,1H3. The average Bonchev–Trinajstić information content (AvgIpc) is 2.92. The Morgan fingerprint density at radius 2 is 2.11 bits per heavy atom. The number of benzene rings is 1. The van der Waals surface area contributed by atoms with Gasteiger partial charge in [0.15, 0.2) is 0 Å². The van der Waals surface area contributed by atoms with Gasteiger partial charge in [0.05, 0.1) is 6.10 Å². The van der Waals surface area contributed by atoms with E-state index in [1.165, 1.54) is 40.8 Å². The maximum absolute atomic E-state index is 10.4. The molecule has 0 spiro atoms. The van der Waals surface area contributed by atoms with E-state index in [1.807, 2.05) is 12.1 Å². The smallest absolute Gasteiger partial charge is 0.0922 e. The van der Waals surface area contributed by atoms with E-state index in [4.69, 9.17) is 0 Å². The first-order chi connectivity index (χ1) is 8.74. The van der Waals surface area contributed by atoms with Gasteiger partial charge in [0, 0.05) is 16.2 Å². The number of aryl methyl sites for hydroxylation is 3. The minimum atomic E-state index is -0.346. The highest BCUT2D eigenvalue weighted by atomic mass is 32.1. The Hall–Kier alpha value is -1.12. The molecule has 1 aromatic carbocycles. The normalized spacial score (nSPS) is 15.7. The van der Waals surface area contributed by atoms with Gasteiger partial charge in [-0.05, 0) is 48.9 Å². The van der Waals surface area contributed by atoms with Crippen LogP contribution in [0.2, 0.25) is 0 Å². The molecule has 1 aliphatic carbocycles. The van der Waals surface area contributed by atoms with Gasteiger partial charge in [-0.15, -0.1) is 11.3 Å². The van der Waals surface area contributed by atoms with Crippen LogP contribution in [0.3, 0.4) is 0 Å². The number of fused-ring (bicyclic) bond motifs is 1. The molecule has 1 nitrogen and oxygen atoms in total. The lowest BCUT2D eigenvalue weighted by molar-refractivity contribution is 0.182. The first-order valence-corrected chi connectivity index (χ1v) is 7.40. The largest absolute Gasteiger partial charge is 0.387 e. The first kappa shape index (κ1) is 11.9. The Bertz CT molecular complexity index is 534. The third-order valence-corrected chi connectivity index (χ3v) is 5.11. The lowest BCUT2D eigenvalue weighted by Gasteiger charge is -2.11. The van der Waals surface area contributed by atoms with Gasteiger partial charge in [-0.2, -0.15) is 0 Å². The van der Waals surface area contributed by atoms with Crippen molar-refractivity contribution in [2.24, 2.45) is 0 Å². The highest BCUT2D eigenvalue weighted by Gasteiger charge is 2.19. The predicted octanol–water partition coefficient (Wildman–Crippen LogP) is 3.82. The highest BCUT2D eigenvalue weighted by molar-refractivity contribution is 7.12. The van der Waals surface area contributed by atoms with Crippen LogP contribution in [-0.4, -0.2) is 5.11 Å². The van der Waals surface area contributed by atoms with E-state index in [0.717, 1.165) is 11.3 Å². The van der Waals surface area contributed by atoms with Gasteiger partial charge < -0.3 is 5.11 Å². The van der Waals surface area contributed by atoms with Gasteiger partial charge in [0.1, 0.15) is 0 Å². The molecule has 0 saturated carbocycles. The fraction of sp³-hybridized carbons (Fsp3) is 0.375. The van der Waals surface area contributed by atoms with Crippen molar-refractivity contribution in [1.29, 1.82) is 0 Å². The summed E-state index contributed by atoms with van der Waals surface area (Å²) in [5.74, 6) is 0. The number of thiophene rings is 1. The third kappa shape index (κ3) is 2.23. The molecule has 94 valence electrons. The van der Waals surface area contributed by atoms with E-state index >= 15 is 0 Å². The molecule has 1 N–H and O–H groups in total. The van der Waals surface area contributed by atoms with Crippen LogP contribution in [0.1, 0.15) is 39.0 Å². The number of aliphatic hydroxyl groups excluding tert-OH is 1. The van der Waals surface area contributed by atoms with Crippen molar-refractivity contribution in [2.75, 3.05) is 0 Å². The van der Waals surface area contributed by atoms with Crippen LogP contribution in [0.5, 0.6) is 0 Å². The summed E-state index contributed by atoms with van der Waals surface area (Å²) in [5.41, 5.74) is 3.98. The summed E-state index contributed by atoms with van der Waals surface area (Å²) >= 11 is 1.81. The molecule has 3 rings (SSSR count). The fourth-order valence-electron chi connectivity index (χ4n) is 2.66. The van der Waals surface area contributed by atoms with E-state index < -0.39 is 0 Å². The second kappa shape index (κ2) is 4.87. The minimum absolute atomic E-state index is 0.346. The van der Waals surface area contributed by atoms with Gasteiger partial charge in [-0.1, -0.05) is 24.3 Å². The topological polar surface area (TPSA) is 20.2 Å². The van der Waals surface area contributed by atoms with Crippen molar-refractivity contribution in [2.45, 2.75) is 38.7 Å². The van der Waals surface area contributed by atoms with E-state index in [2.05, 4.69) is 25.1 Å². The van der Waals surface area contributed by atoms with E-state index in [9.17, 15) is 5.11 Å². The van der Waals surface area contributed by atoms with Crippen molar-refractivity contribution in [1.82, 2.24) is 0 Å². The average molecular weight is 258 g/mol. The Kier molecular flexibility index (Phi) is 3.23. The zero-order valence-electron chi connectivity index (χ0n) is 10.6. The summed E-state index contributed by atoms with van der Waals surface area (Å²) < 4.78 is 0. The van der Waals surface area contributed by atoms with Crippen LogP contribution < -0.4 is 0 Å². The maximum Gasteiger partial charge on any atom is 0.0922 e. The van der Waals surface area contributed by atoms with Gasteiger partial charge in [0.25, 0.3) is 0 Å². The van der Waals surface area contributed by atoms with Gasteiger partial charge >= 0.3 is 0 Å². The molecule has 1 unspecified atom stereocenters. The zero-order chi connectivity index (χ0) is 12.5. The molecule has 2 heteroatoms. The molecule has 0 aliphatic heterocycles. The van der Waals surface area contributed by atoms with E-state index in [-0.39, 0.29) is 6.10 Å². The summed E-state index contributed by atoms with van der Waals surface area (Å²) in [6.07, 6.45) is 4.07. The Morgan fingerprint density at radius 3 is 2.89 bits per heavy atom. The van der Waals surface area contributed by atoms with Crippen LogP contribution in [-0.2, 0) is 19.3 Å². The number of aliphatic hydroxyl groups is 1. The maximum atomic E-state index is 10.4. The third-order valence-electron chi connectivity index (χ3n) is 3.77. The molecule has 0 fully saturated rings. The Morgan fingerprint density at radius 1 is 1.28 bits per heavy atom. The Balaban J connectivity index is 1.78. The van der Waals surface area contributed by atoms with Crippen molar-refractivity contribution < 1.29 is 5.11 Å². The van der Waals surface area contributed by atoms with Gasteiger partial charge in [-0.3, -0.25) is 0 Å². The summed E-state index contributed by atoms with van der Waals surface area (Å²) in [6.45, 7) is 2.11. The molecule has 0 amide bonds. The lowest BCUT2D eigenvalue weighted by Crippen LogP contribution is -2.01. The van der Waals surface area contributed by atoms with Crippen LogP contribution in [0.15, 0.2) is 30.3 Å². The van der Waals surface area contributed by atoms with Crippen molar-refractivity contribution in [3.05, 3.63) is 56.8 Å². The van der Waals surface area contributed by atoms with E-state index in [1.54, 1.807) is 11.3 Å². The van der Waals surface area contributed by atoms with Crippen LogP contribution in [0.25, 0.3) is 0 Å². The van der Waals surface area contributed by atoms with Crippen molar-refractivity contribution in [3.63, 3.8) is 0 Å². The van der Waals surface area contributed by atoms with Crippen LogP contribution in [0.4, 0.5) is 0 Å². The van der Waals surface area contributed by atoms with E-state index in [0.29, 0.717) is 0 Å². The van der Waals surface area contributed by atoms with Gasteiger partial charge in [0.2, 0.25) is 0 Å². The first-order valence-electron chi connectivity index (χ1n) is 6.58. The van der Waals surface area contributed by atoms with Gasteiger partial charge in [-0.25, -0.2) is 0 Å². The molecular weight excluding hydrogens is 240 g/mol. The highest BCUT2D eigenvalue weighted by Crippen LogP contribution is 2.34. The second-order valence-corrected chi connectivity index (χ2v) is 6.27. The van der Waals surface area contributed by atoms with Crippen molar-refractivity contribution >= 4 is 11.3 Å². The fourth-order valence-corrected chi connectivity index (χ4v) is 3.91. The molecule has 0 radical (unpaired) electrons. The second-order valence-electron chi connectivity index (χ2n) is 5.10. The van der Waals surface area contributed by atoms with Crippen LogP contribution >= 0.6 is 11.3 Å². The minimum Gasteiger partial charge on any atom is -0.387 e. The molecule has 2 aromatic rings. The molecule has 1 aromatic heterocycles. The quantitative estimate of drug-likeness (QED) is 0.887. The lowest BCUT2D eigenvalue weighted by atomic mass is 10.0. The van der Waals surface area contributed by atoms with Crippen LogP contribution in [0, 0.1) is 6.92 Å². The Labute approximate surface area is 112 Å². The predicted molar refractivity (Wildman–Crippen MR) is 76.2 cm³/mol. The van der Waals surface area contributed by atoms with Crippen molar-refractivity contribution in [3.8, 4) is 0 Å². The molecule has 1 heterocycles. The summed E-state index contributed by atoms with van der Waals surface area (Å²) in [6, 6.07) is 10.5. The number of hydrogen-bond donors (Lipinski definition) is 1. The summed E-state index contributed by atoms with van der Waals surface area (Å²) in [5, 5.41) is 10.4. The molecule has 0 bridgehead atoms. The summed E-state index contributed by atoms with van der Waals surface area (Å²) in [7, 11) is 0. The zero-order valence-corrected chi connectivity index (χ0v) is 11.5. The molecule has 18 heavy (non-hydrogen) atoms. The number of rotatable bonds is 3. The molecule has 1 aliphatic rings. The number of hydrogen-bond acceptors (Lipinski definition) is 2.